The van der Waals surface area contributed by atoms with Gasteiger partial charge in [0.25, 0.3) is 5.91 Å². The number of thioether (sulfide) groups is 1. The monoisotopic (exact) mass is 625 g/mol. The van der Waals surface area contributed by atoms with E-state index in [1.165, 1.54) is 24.3 Å². The minimum atomic E-state index is -0.726. The molecule has 5 rings (SSSR count). The van der Waals surface area contributed by atoms with Crippen molar-refractivity contribution < 1.29 is 14.0 Å². The number of halogens is 2. The molecule has 1 unspecified atom stereocenters. The summed E-state index contributed by atoms with van der Waals surface area (Å²) in [5.41, 5.74) is 2.30. The SMILES string of the molecule is CSc1cccc(N2C(=O)C(CC(=O)Nc3ccc(F)cc3)N(CCCN3CCN(c4cccc(Cl)c4)CC3)C2=S)c1. The third-order valence-corrected chi connectivity index (χ3v) is 8.93. The van der Waals surface area contributed by atoms with Crippen LogP contribution in [-0.2, 0) is 9.59 Å². The van der Waals surface area contributed by atoms with Crippen LogP contribution in [0, 0.1) is 5.82 Å². The predicted molar refractivity (Wildman–Crippen MR) is 173 cm³/mol. The predicted octanol–water partition coefficient (Wildman–Crippen LogP) is 5.74. The molecule has 2 fully saturated rings. The highest BCUT2D eigenvalue weighted by atomic mass is 35.5. The molecule has 0 radical (unpaired) electrons. The van der Waals surface area contributed by atoms with Crippen molar-refractivity contribution in [3.8, 4) is 0 Å². The normalized spacial score (nSPS) is 17.7. The summed E-state index contributed by atoms with van der Waals surface area (Å²) in [7, 11) is 0. The Morgan fingerprint density at radius 2 is 1.71 bits per heavy atom. The molecular weight excluding hydrogens is 593 g/mol. The van der Waals surface area contributed by atoms with Crippen LogP contribution in [-0.4, -0.2) is 78.3 Å². The van der Waals surface area contributed by atoms with E-state index in [1.807, 2.05) is 53.6 Å². The van der Waals surface area contributed by atoms with Crippen molar-refractivity contribution in [3.63, 3.8) is 0 Å². The van der Waals surface area contributed by atoms with Gasteiger partial charge in [0.05, 0.1) is 12.1 Å². The Kier molecular flexibility index (Phi) is 9.99. The van der Waals surface area contributed by atoms with E-state index in [9.17, 15) is 14.0 Å². The van der Waals surface area contributed by atoms with Gasteiger partial charge in [-0.1, -0.05) is 23.7 Å². The lowest BCUT2D eigenvalue weighted by Crippen LogP contribution is -2.47. The average Bonchev–Trinajstić information content (AvgIpc) is 3.22. The second kappa shape index (κ2) is 13.9. The Balaban J connectivity index is 1.24. The van der Waals surface area contributed by atoms with Gasteiger partial charge in [-0.05, 0) is 92.1 Å². The molecule has 2 heterocycles. The van der Waals surface area contributed by atoms with Gasteiger partial charge in [0.15, 0.2) is 5.11 Å². The van der Waals surface area contributed by atoms with Crippen molar-refractivity contribution in [1.82, 2.24) is 9.80 Å². The zero-order valence-electron chi connectivity index (χ0n) is 23.3. The molecule has 1 N–H and O–H groups in total. The Bertz CT molecular complexity index is 1430. The molecule has 0 spiro atoms. The van der Waals surface area contributed by atoms with Crippen LogP contribution >= 0.6 is 35.6 Å². The van der Waals surface area contributed by atoms with Crippen LogP contribution < -0.4 is 15.1 Å². The van der Waals surface area contributed by atoms with Crippen molar-refractivity contribution in [3.05, 3.63) is 83.6 Å². The third-order valence-electron chi connectivity index (χ3n) is 7.56. The van der Waals surface area contributed by atoms with Crippen molar-refractivity contribution in [2.45, 2.75) is 23.8 Å². The second-order valence-electron chi connectivity index (χ2n) is 10.3. The van der Waals surface area contributed by atoms with Gasteiger partial charge in [0.2, 0.25) is 5.91 Å². The zero-order valence-corrected chi connectivity index (χ0v) is 25.7. The molecule has 0 saturated carbocycles. The summed E-state index contributed by atoms with van der Waals surface area (Å²) >= 11 is 13.6. The van der Waals surface area contributed by atoms with Crippen molar-refractivity contribution in [2.24, 2.45) is 0 Å². The second-order valence-corrected chi connectivity index (χ2v) is 12.0. The summed E-state index contributed by atoms with van der Waals surface area (Å²) in [4.78, 5) is 36.0. The molecule has 0 aromatic heterocycles. The largest absolute Gasteiger partial charge is 0.369 e. The Labute approximate surface area is 260 Å². The number of carbonyl (C=O) groups is 2. The Morgan fingerprint density at radius 1 is 1.00 bits per heavy atom. The van der Waals surface area contributed by atoms with Gasteiger partial charge in [0, 0.05) is 54.0 Å². The molecule has 3 aromatic rings. The maximum atomic E-state index is 13.8. The van der Waals surface area contributed by atoms with E-state index in [-0.39, 0.29) is 24.1 Å². The summed E-state index contributed by atoms with van der Waals surface area (Å²) in [6, 6.07) is 20.5. The lowest BCUT2D eigenvalue weighted by molar-refractivity contribution is -0.124. The number of anilines is 3. The number of piperazine rings is 1. The number of hydrogen-bond donors (Lipinski definition) is 1. The van der Waals surface area contributed by atoms with E-state index >= 15 is 0 Å². The highest BCUT2D eigenvalue weighted by molar-refractivity contribution is 7.98. The number of carbonyl (C=O) groups excluding carboxylic acids is 2. The number of benzene rings is 3. The lowest BCUT2D eigenvalue weighted by Gasteiger charge is -2.36. The van der Waals surface area contributed by atoms with Crippen molar-refractivity contribution in [2.75, 3.05) is 60.6 Å². The van der Waals surface area contributed by atoms with Gasteiger partial charge in [-0.15, -0.1) is 11.8 Å². The highest BCUT2D eigenvalue weighted by Crippen LogP contribution is 2.30. The molecule has 2 aliphatic heterocycles. The molecule has 2 saturated heterocycles. The molecule has 0 aliphatic carbocycles. The quantitative estimate of drug-likeness (QED) is 0.228. The lowest BCUT2D eigenvalue weighted by atomic mass is 10.1. The number of nitrogens with one attached hydrogen (secondary N) is 1. The third kappa shape index (κ3) is 7.23. The number of rotatable bonds is 10. The number of amides is 2. The molecule has 2 aliphatic rings. The van der Waals surface area contributed by atoms with Gasteiger partial charge in [-0.3, -0.25) is 19.4 Å². The zero-order chi connectivity index (χ0) is 29.6. The maximum absolute atomic E-state index is 13.8. The van der Waals surface area contributed by atoms with Crippen LogP contribution in [0.15, 0.2) is 77.7 Å². The first-order valence-electron chi connectivity index (χ1n) is 13.9. The van der Waals surface area contributed by atoms with Gasteiger partial charge in [-0.25, -0.2) is 4.39 Å². The first-order valence-corrected chi connectivity index (χ1v) is 15.9. The summed E-state index contributed by atoms with van der Waals surface area (Å²) in [5.74, 6) is -0.934. The number of thiocarbonyl (C=S) groups is 1. The molecule has 7 nitrogen and oxygen atoms in total. The molecule has 42 heavy (non-hydrogen) atoms. The van der Waals surface area contributed by atoms with Gasteiger partial charge < -0.3 is 15.1 Å². The van der Waals surface area contributed by atoms with Crippen LogP contribution in [0.25, 0.3) is 0 Å². The first kappa shape index (κ1) is 30.3. The van der Waals surface area contributed by atoms with Crippen LogP contribution in [0.3, 0.4) is 0 Å². The first-order chi connectivity index (χ1) is 20.3. The maximum Gasteiger partial charge on any atom is 0.256 e. The molecule has 1 atom stereocenters. The summed E-state index contributed by atoms with van der Waals surface area (Å²) in [6.07, 6.45) is 2.71. The van der Waals surface area contributed by atoms with E-state index in [0.717, 1.165) is 54.8 Å². The molecule has 0 bridgehead atoms. The minimum Gasteiger partial charge on any atom is -0.369 e. The van der Waals surface area contributed by atoms with Gasteiger partial charge >= 0.3 is 0 Å². The molecule has 11 heteroatoms. The van der Waals surface area contributed by atoms with Crippen LogP contribution in [0.1, 0.15) is 12.8 Å². The van der Waals surface area contributed by atoms with E-state index in [1.54, 1.807) is 16.7 Å². The van der Waals surface area contributed by atoms with E-state index in [0.29, 0.717) is 23.0 Å². The molecule has 3 aromatic carbocycles. The van der Waals surface area contributed by atoms with Crippen LogP contribution in [0.4, 0.5) is 21.5 Å². The fraction of sp³-hybridized carbons (Fsp3) is 0.323. The standard InChI is InChI=1S/C31H33ClFN5O2S2/c1-42-27-8-3-7-26(20-27)38-30(40)28(21-29(39)34-24-11-9-23(33)10-12-24)37(31(38)41)14-4-13-35-15-17-36(18-16-35)25-6-2-5-22(32)19-25/h2-3,5-12,19-20,28H,4,13-18,21H2,1H3,(H,34,39). The minimum absolute atomic E-state index is 0.0621. The Hall–Kier alpha value is -3.18. The van der Waals surface area contributed by atoms with Gasteiger partial charge in [0.1, 0.15) is 11.9 Å². The summed E-state index contributed by atoms with van der Waals surface area (Å²) < 4.78 is 13.3. The van der Waals surface area contributed by atoms with Crippen molar-refractivity contribution in [1.29, 1.82) is 0 Å². The fourth-order valence-corrected chi connectivity index (χ4v) is 6.41. The molecular formula is C31H33ClFN5O2S2. The summed E-state index contributed by atoms with van der Waals surface area (Å²) in [5, 5.41) is 3.93. The van der Waals surface area contributed by atoms with E-state index in [4.69, 9.17) is 23.8 Å². The van der Waals surface area contributed by atoms with Gasteiger partial charge in [-0.2, -0.15) is 0 Å². The topological polar surface area (TPSA) is 59.1 Å². The molecule has 220 valence electrons. The molecule has 2 amide bonds. The smallest absolute Gasteiger partial charge is 0.256 e. The van der Waals surface area contributed by atoms with Crippen LogP contribution in [0.2, 0.25) is 5.02 Å². The average molecular weight is 626 g/mol. The fourth-order valence-electron chi connectivity index (χ4n) is 5.36. The highest BCUT2D eigenvalue weighted by Gasteiger charge is 2.44. The van der Waals surface area contributed by atoms with E-state index < -0.39 is 6.04 Å². The summed E-state index contributed by atoms with van der Waals surface area (Å²) in [6.45, 7) is 5.07. The van der Waals surface area contributed by atoms with E-state index in [2.05, 4.69) is 21.2 Å². The van der Waals surface area contributed by atoms with Crippen LogP contribution in [0.5, 0.6) is 0 Å². The number of nitrogens with zero attached hydrogens (tertiary/aromatic N) is 4. The number of hydrogen-bond acceptors (Lipinski definition) is 6. The van der Waals surface area contributed by atoms with Crippen molar-refractivity contribution >= 4 is 69.6 Å². The Morgan fingerprint density at radius 3 is 2.43 bits per heavy atom.